The molecule has 0 rings (SSSR count). The molecule has 10 heavy (non-hydrogen) atoms. The van der Waals surface area contributed by atoms with Crippen LogP contribution in [0, 0.1) is 0 Å². The number of hydrogen-bond acceptors (Lipinski definition) is 2. The van der Waals surface area contributed by atoms with E-state index in [2.05, 4.69) is 9.33 Å². The Balaban J connectivity index is 2.65. The summed E-state index contributed by atoms with van der Waals surface area (Å²) >= 11 is 10.3. The Morgan fingerprint density at radius 1 is 1.00 bits per heavy atom. The first-order valence-corrected chi connectivity index (χ1v) is 4.22. The van der Waals surface area contributed by atoms with Crippen LogP contribution in [-0.2, 0) is 9.33 Å². The predicted octanol–water partition coefficient (Wildman–Crippen LogP) is 2.89. The SMILES string of the molecule is ClCCCCCCOOCl. The maximum atomic E-state index is 5.46. The van der Waals surface area contributed by atoms with Crippen LogP contribution in [0.3, 0.4) is 0 Å². The van der Waals surface area contributed by atoms with Gasteiger partial charge < -0.3 is 0 Å². The molecular formula is C6H12Cl2O2. The van der Waals surface area contributed by atoms with E-state index in [0.29, 0.717) is 6.61 Å². The molecule has 0 aromatic rings. The van der Waals surface area contributed by atoms with Gasteiger partial charge in [-0.1, -0.05) is 12.8 Å². The molecule has 0 unspecified atom stereocenters. The Bertz CT molecular complexity index is 53.7. The van der Waals surface area contributed by atoms with Crippen molar-refractivity contribution in [2.24, 2.45) is 0 Å². The molecule has 4 heteroatoms. The highest BCUT2D eigenvalue weighted by Crippen LogP contribution is 2.01. The van der Waals surface area contributed by atoms with Crippen LogP contribution in [-0.4, -0.2) is 12.5 Å². The lowest BCUT2D eigenvalue weighted by Crippen LogP contribution is -1.89. The van der Waals surface area contributed by atoms with Crippen LogP contribution in [0.4, 0.5) is 0 Å². The Labute approximate surface area is 71.5 Å². The zero-order valence-corrected chi connectivity index (χ0v) is 7.33. The second kappa shape index (κ2) is 9.50. The van der Waals surface area contributed by atoms with Gasteiger partial charge in [0.05, 0.1) is 18.5 Å². The average Bonchev–Trinajstić information content (AvgIpc) is 1.97. The topological polar surface area (TPSA) is 18.5 Å². The minimum Gasteiger partial charge on any atom is -0.218 e. The van der Waals surface area contributed by atoms with Crippen LogP contribution in [0.2, 0.25) is 0 Å². The number of unbranched alkanes of at least 4 members (excludes halogenated alkanes) is 3. The number of hydrogen-bond donors (Lipinski definition) is 0. The monoisotopic (exact) mass is 186 g/mol. The molecule has 0 atom stereocenters. The van der Waals surface area contributed by atoms with Crippen molar-refractivity contribution in [1.29, 1.82) is 0 Å². The van der Waals surface area contributed by atoms with Crippen molar-refractivity contribution in [3.63, 3.8) is 0 Å². The summed E-state index contributed by atoms with van der Waals surface area (Å²) in [5.74, 6) is 0.743. The molecule has 0 radical (unpaired) electrons. The van der Waals surface area contributed by atoms with E-state index in [1.165, 1.54) is 0 Å². The summed E-state index contributed by atoms with van der Waals surface area (Å²) in [6.07, 6.45) is 4.31. The molecule has 0 amide bonds. The van der Waals surface area contributed by atoms with Gasteiger partial charge in [0.15, 0.2) is 0 Å². The Kier molecular flexibility index (Phi) is 9.97. The first-order chi connectivity index (χ1) is 4.91. The van der Waals surface area contributed by atoms with Crippen molar-refractivity contribution in [3.8, 4) is 0 Å². The van der Waals surface area contributed by atoms with Crippen molar-refractivity contribution in [2.45, 2.75) is 25.7 Å². The molecular weight excluding hydrogens is 175 g/mol. The minimum atomic E-state index is 0.561. The van der Waals surface area contributed by atoms with Crippen LogP contribution in [0.25, 0.3) is 0 Å². The van der Waals surface area contributed by atoms with E-state index in [4.69, 9.17) is 23.5 Å². The van der Waals surface area contributed by atoms with Gasteiger partial charge in [-0.25, -0.2) is 4.89 Å². The molecule has 0 bridgehead atoms. The lowest BCUT2D eigenvalue weighted by molar-refractivity contribution is -0.203. The second-order valence-electron chi connectivity index (χ2n) is 1.99. The van der Waals surface area contributed by atoms with Crippen molar-refractivity contribution in [1.82, 2.24) is 0 Å². The first kappa shape index (κ1) is 10.5. The van der Waals surface area contributed by atoms with Gasteiger partial charge in [-0.15, -0.1) is 16.0 Å². The van der Waals surface area contributed by atoms with E-state index < -0.39 is 0 Å². The molecule has 0 saturated heterocycles. The third kappa shape index (κ3) is 8.50. The molecule has 0 heterocycles. The molecule has 2 nitrogen and oxygen atoms in total. The molecule has 0 N–H and O–H groups in total. The number of halogens is 2. The summed E-state index contributed by atoms with van der Waals surface area (Å²) in [6, 6.07) is 0. The maximum absolute atomic E-state index is 5.46. The highest BCUT2D eigenvalue weighted by molar-refractivity contribution is 6.17. The minimum absolute atomic E-state index is 0.561. The summed E-state index contributed by atoms with van der Waals surface area (Å²) in [4.78, 5) is 4.45. The molecule has 62 valence electrons. The predicted molar refractivity (Wildman–Crippen MR) is 42.1 cm³/mol. The summed E-state index contributed by atoms with van der Waals surface area (Å²) in [5, 5.41) is 0. The third-order valence-electron chi connectivity index (χ3n) is 1.16. The molecule has 0 aromatic carbocycles. The van der Waals surface area contributed by atoms with Gasteiger partial charge >= 0.3 is 0 Å². The molecule has 0 saturated carbocycles. The molecule has 0 aliphatic heterocycles. The fourth-order valence-corrected chi connectivity index (χ4v) is 0.893. The van der Waals surface area contributed by atoms with Gasteiger partial charge in [-0.3, -0.25) is 0 Å². The van der Waals surface area contributed by atoms with Crippen LogP contribution in [0.5, 0.6) is 0 Å². The van der Waals surface area contributed by atoms with E-state index in [9.17, 15) is 0 Å². The van der Waals surface area contributed by atoms with E-state index in [0.717, 1.165) is 31.6 Å². The lowest BCUT2D eigenvalue weighted by Gasteiger charge is -1.96. The Hall–Kier alpha value is 0.500. The first-order valence-electron chi connectivity index (χ1n) is 3.38. The largest absolute Gasteiger partial charge is 0.218 e. The zero-order chi connectivity index (χ0) is 7.66. The fourth-order valence-electron chi connectivity index (χ4n) is 0.641. The van der Waals surface area contributed by atoms with Crippen LogP contribution in [0.15, 0.2) is 0 Å². The molecule has 0 aromatic heterocycles. The molecule has 0 spiro atoms. The van der Waals surface area contributed by atoms with Gasteiger partial charge in [0, 0.05) is 5.88 Å². The van der Waals surface area contributed by atoms with Crippen LogP contribution < -0.4 is 0 Å². The van der Waals surface area contributed by atoms with Crippen LogP contribution in [0.1, 0.15) is 25.7 Å². The van der Waals surface area contributed by atoms with Gasteiger partial charge in [0.1, 0.15) is 0 Å². The third-order valence-corrected chi connectivity index (χ3v) is 1.51. The molecule has 0 aliphatic carbocycles. The maximum Gasteiger partial charge on any atom is 0.0999 e. The zero-order valence-electron chi connectivity index (χ0n) is 5.82. The number of rotatable bonds is 7. The normalized spacial score (nSPS) is 10.2. The summed E-state index contributed by atoms with van der Waals surface area (Å²) in [5.41, 5.74) is 0. The molecule has 0 fully saturated rings. The number of alkyl halides is 1. The Morgan fingerprint density at radius 2 is 1.70 bits per heavy atom. The fraction of sp³-hybridized carbons (Fsp3) is 1.00. The van der Waals surface area contributed by atoms with Crippen molar-refractivity contribution < 1.29 is 9.33 Å². The standard InChI is InChI=1S/C6H12Cl2O2/c7-5-3-1-2-4-6-9-10-8/h1-6H2. The van der Waals surface area contributed by atoms with Gasteiger partial charge in [-0.05, 0) is 12.8 Å². The van der Waals surface area contributed by atoms with Crippen molar-refractivity contribution in [3.05, 3.63) is 0 Å². The van der Waals surface area contributed by atoms with E-state index in [1.807, 2.05) is 0 Å². The van der Waals surface area contributed by atoms with Gasteiger partial charge in [-0.2, -0.15) is 0 Å². The lowest BCUT2D eigenvalue weighted by atomic mass is 10.2. The van der Waals surface area contributed by atoms with E-state index in [1.54, 1.807) is 0 Å². The van der Waals surface area contributed by atoms with E-state index >= 15 is 0 Å². The van der Waals surface area contributed by atoms with Gasteiger partial charge in [0.25, 0.3) is 0 Å². The molecule has 0 aliphatic rings. The summed E-state index contributed by atoms with van der Waals surface area (Å²) in [7, 11) is 0. The van der Waals surface area contributed by atoms with Crippen LogP contribution >= 0.6 is 23.5 Å². The van der Waals surface area contributed by atoms with Crippen molar-refractivity contribution >= 4 is 23.5 Å². The Morgan fingerprint density at radius 3 is 2.30 bits per heavy atom. The summed E-state index contributed by atoms with van der Waals surface area (Å²) in [6.45, 7) is 0.561. The quantitative estimate of drug-likeness (QED) is 0.264. The van der Waals surface area contributed by atoms with E-state index in [-0.39, 0.29) is 0 Å². The van der Waals surface area contributed by atoms with Gasteiger partial charge in [0.2, 0.25) is 0 Å². The smallest absolute Gasteiger partial charge is 0.0999 e. The average molecular weight is 187 g/mol. The highest BCUT2D eigenvalue weighted by atomic mass is 35.5. The summed E-state index contributed by atoms with van der Waals surface area (Å²) < 4.78 is 3.89. The highest BCUT2D eigenvalue weighted by Gasteiger charge is 1.89. The van der Waals surface area contributed by atoms with Crippen molar-refractivity contribution in [2.75, 3.05) is 12.5 Å². The second-order valence-corrected chi connectivity index (χ2v) is 2.49.